The number of aromatic nitrogens is 1. The molecule has 0 atom stereocenters. The maximum atomic E-state index is 13.3. The number of aryl methyl sites for hydroxylation is 1. The highest BCUT2D eigenvalue weighted by atomic mass is 32.1. The fraction of sp³-hybridized carbons (Fsp3) is 0.278. The van der Waals surface area contributed by atoms with Gasteiger partial charge in [-0.25, -0.2) is 9.37 Å². The number of pyridine rings is 1. The Morgan fingerprint density at radius 1 is 1.27 bits per heavy atom. The van der Waals surface area contributed by atoms with Gasteiger partial charge < -0.3 is 0 Å². The van der Waals surface area contributed by atoms with E-state index < -0.39 is 0 Å². The molecule has 3 aromatic rings. The van der Waals surface area contributed by atoms with Crippen molar-refractivity contribution in [3.8, 4) is 11.1 Å². The Morgan fingerprint density at radius 3 is 2.64 bits per heavy atom. The molecule has 1 fully saturated rings. The van der Waals surface area contributed by atoms with Crippen LogP contribution in [0, 0.1) is 12.7 Å². The van der Waals surface area contributed by atoms with Crippen molar-refractivity contribution in [1.29, 1.82) is 0 Å². The third-order valence-corrected chi connectivity index (χ3v) is 5.33. The van der Waals surface area contributed by atoms with E-state index in [0.29, 0.717) is 12.2 Å². The predicted molar refractivity (Wildman–Crippen MR) is 91.2 cm³/mol. The van der Waals surface area contributed by atoms with Crippen LogP contribution < -0.4 is 0 Å². The summed E-state index contributed by atoms with van der Waals surface area (Å²) in [6.45, 7) is 2.10. The van der Waals surface area contributed by atoms with Crippen LogP contribution in [0.2, 0.25) is 0 Å². The van der Waals surface area contributed by atoms with E-state index in [1.807, 2.05) is 12.1 Å². The first-order valence-electron chi connectivity index (χ1n) is 7.55. The van der Waals surface area contributed by atoms with Crippen molar-refractivity contribution in [2.24, 2.45) is 0 Å². The standard InChI is InChI=1S/C18H15BFNS/c1-10-9-22-18-15(10)16(11-4-6-13(20)7-5-11)14(8-19)17(21-18)12-2-3-12/h4-7,9,12H,2-3,8H2,1H3. The van der Waals surface area contributed by atoms with Crippen LogP contribution >= 0.6 is 11.3 Å². The molecule has 0 aliphatic heterocycles. The highest BCUT2D eigenvalue weighted by Gasteiger charge is 2.30. The van der Waals surface area contributed by atoms with Gasteiger partial charge in [0.1, 0.15) is 10.6 Å². The average Bonchev–Trinajstić information content (AvgIpc) is 3.31. The van der Waals surface area contributed by atoms with E-state index in [0.717, 1.165) is 27.2 Å². The number of nitrogens with zero attached hydrogens (tertiary/aromatic N) is 1. The molecule has 0 saturated heterocycles. The number of halogens is 1. The second-order valence-electron chi connectivity index (χ2n) is 5.93. The topological polar surface area (TPSA) is 12.9 Å². The molecule has 1 aliphatic rings. The highest BCUT2D eigenvalue weighted by molar-refractivity contribution is 7.17. The molecule has 0 unspecified atom stereocenters. The monoisotopic (exact) mass is 307 g/mol. The molecule has 1 saturated carbocycles. The van der Waals surface area contributed by atoms with E-state index in [1.54, 1.807) is 11.3 Å². The van der Waals surface area contributed by atoms with Crippen molar-refractivity contribution in [2.75, 3.05) is 0 Å². The van der Waals surface area contributed by atoms with Gasteiger partial charge in [0, 0.05) is 17.0 Å². The summed E-state index contributed by atoms with van der Waals surface area (Å²) in [6.07, 6.45) is 2.86. The Bertz CT molecular complexity index is 850. The van der Waals surface area contributed by atoms with Gasteiger partial charge in [-0.05, 0) is 59.5 Å². The van der Waals surface area contributed by atoms with Gasteiger partial charge in [-0.1, -0.05) is 18.5 Å². The van der Waals surface area contributed by atoms with Crippen LogP contribution in [0.5, 0.6) is 0 Å². The maximum absolute atomic E-state index is 13.3. The number of fused-ring (bicyclic) bond motifs is 1. The van der Waals surface area contributed by atoms with Crippen LogP contribution in [0.15, 0.2) is 29.6 Å². The largest absolute Gasteiger partial charge is 0.241 e. The summed E-state index contributed by atoms with van der Waals surface area (Å²) in [6, 6.07) is 6.72. The van der Waals surface area contributed by atoms with Crippen LogP contribution in [0.25, 0.3) is 21.3 Å². The van der Waals surface area contributed by atoms with Gasteiger partial charge in [-0.15, -0.1) is 11.3 Å². The molecule has 4 rings (SSSR count). The molecule has 0 spiro atoms. The second-order valence-corrected chi connectivity index (χ2v) is 6.79. The average molecular weight is 307 g/mol. The summed E-state index contributed by atoms with van der Waals surface area (Å²) in [5, 5.41) is 3.31. The fourth-order valence-corrected chi connectivity index (χ4v) is 4.05. The molecule has 1 aliphatic carbocycles. The van der Waals surface area contributed by atoms with Gasteiger partial charge >= 0.3 is 0 Å². The molecule has 2 radical (unpaired) electrons. The molecule has 2 heterocycles. The van der Waals surface area contributed by atoms with Crippen LogP contribution in [-0.4, -0.2) is 12.8 Å². The lowest BCUT2D eigenvalue weighted by Crippen LogP contribution is -2.01. The summed E-state index contributed by atoms with van der Waals surface area (Å²) in [5.74, 6) is 0.331. The first-order valence-corrected chi connectivity index (χ1v) is 8.43. The predicted octanol–water partition coefficient (Wildman–Crippen LogP) is 4.96. The Morgan fingerprint density at radius 2 is 2.00 bits per heavy atom. The number of rotatable bonds is 3. The summed E-state index contributed by atoms with van der Waals surface area (Å²) in [5.41, 5.74) is 5.66. The van der Waals surface area contributed by atoms with E-state index >= 15 is 0 Å². The zero-order valence-corrected chi connectivity index (χ0v) is 13.2. The smallest absolute Gasteiger partial charge is 0.124 e. The fourth-order valence-electron chi connectivity index (χ4n) is 3.11. The minimum absolute atomic E-state index is 0.215. The maximum Gasteiger partial charge on any atom is 0.124 e. The normalized spacial score (nSPS) is 14.6. The lowest BCUT2D eigenvalue weighted by molar-refractivity contribution is 0.628. The van der Waals surface area contributed by atoms with Crippen molar-refractivity contribution in [1.82, 2.24) is 4.98 Å². The Labute approximate surface area is 134 Å². The van der Waals surface area contributed by atoms with Crippen molar-refractivity contribution < 1.29 is 4.39 Å². The molecule has 0 bridgehead atoms. The first kappa shape index (κ1) is 14.0. The van der Waals surface area contributed by atoms with Crippen LogP contribution in [0.1, 0.15) is 35.6 Å². The number of hydrogen-bond donors (Lipinski definition) is 0. The van der Waals surface area contributed by atoms with Crippen molar-refractivity contribution >= 4 is 29.4 Å². The van der Waals surface area contributed by atoms with Gasteiger partial charge in [-0.2, -0.15) is 0 Å². The number of hydrogen-bond acceptors (Lipinski definition) is 2. The molecule has 108 valence electrons. The van der Waals surface area contributed by atoms with Gasteiger partial charge in [0.15, 0.2) is 0 Å². The molecule has 4 heteroatoms. The van der Waals surface area contributed by atoms with Gasteiger partial charge in [-0.3, -0.25) is 0 Å². The minimum atomic E-state index is -0.215. The van der Waals surface area contributed by atoms with E-state index in [4.69, 9.17) is 12.8 Å². The van der Waals surface area contributed by atoms with E-state index in [2.05, 4.69) is 12.3 Å². The van der Waals surface area contributed by atoms with Gasteiger partial charge in [0.05, 0.1) is 7.85 Å². The third-order valence-electron chi connectivity index (χ3n) is 4.34. The molecular formula is C18H15BFNS. The van der Waals surface area contributed by atoms with Crippen LogP contribution in [0.3, 0.4) is 0 Å². The van der Waals surface area contributed by atoms with E-state index in [9.17, 15) is 4.39 Å². The second kappa shape index (κ2) is 5.20. The molecule has 2 aromatic heterocycles. The first-order chi connectivity index (χ1) is 10.7. The summed E-state index contributed by atoms with van der Waals surface area (Å²) in [7, 11) is 6.08. The third kappa shape index (κ3) is 2.17. The molecular weight excluding hydrogens is 292 g/mol. The summed E-state index contributed by atoms with van der Waals surface area (Å²) < 4.78 is 13.3. The van der Waals surface area contributed by atoms with Crippen LogP contribution in [-0.2, 0) is 6.32 Å². The Balaban J connectivity index is 2.08. The van der Waals surface area contributed by atoms with Gasteiger partial charge in [0.25, 0.3) is 0 Å². The zero-order valence-electron chi connectivity index (χ0n) is 12.4. The SMILES string of the molecule is [B]Cc1c(C2CC2)nc2scc(C)c2c1-c1ccc(F)cc1. The lowest BCUT2D eigenvalue weighted by Gasteiger charge is -2.15. The van der Waals surface area contributed by atoms with Crippen molar-refractivity contribution in [3.05, 3.63) is 52.3 Å². The van der Waals surface area contributed by atoms with Crippen molar-refractivity contribution in [3.63, 3.8) is 0 Å². The molecule has 1 nitrogen and oxygen atoms in total. The Hall–Kier alpha value is -1.68. The summed E-state index contributed by atoms with van der Waals surface area (Å²) >= 11 is 1.68. The number of thiophene rings is 1. The molecule has 1 aromatic carbocycles. The van der Waals surface area contributed by atoms with Gasteiger partial charge in [0.2, 0.25) is 0 Å². The molecule has 22 heavy (non-hydrogen) atoms. The molecule has 0 N–H and O–H groups in total. The molecule has 0 amide bonds. The lowest BCUT2D eigenvalue weighted by atomic mass is 9.85. The summed E-state index contributed by atoms with van der Waals surface area (Å²) in [4.78, 5) is 5.96. The van der Waals surface area contributed by atoms with Crippen LogP contribution in [0.4, 0.5) is 4.39 Å². The minimum Gasteiger partial charge on any atom is -0.241 e. The van der Waals surface area contributed by atoms with Crippen molar-refractivity contribution in [2.45, 2.75) is 32.0 Å². The Kier molecular flexibility index (Phi) is 3.30. The van der Waals surface area contributed by atoms with E-state index in [1.165, 1.54) is 35.9 Å². The van der Waals surface area contributed by atoms with E-state index in [-0.39, 0.29) is 5.82 Å². The highest BCUT2D eigenvalue weighted by Crippen LogP contribution is 2.46. The number of benzene rings is 1. The zero-order chi connectivity index (χ0) is 15.3. The quantitative estimate of drug-likeness (QED) is 0.623.